The minimum absolute atomic E-state index is 0.0419. The SMILES string of the molecule is CC\C=C/C=C/C=C/C=C\C=C\C=C\CCCCCC(=O)OC(/C=C\CCCCCCCCCCCCC)C(COP(=O)([O-])OCC[N+](C)(C)C)NC(=O)CCCCCCC/C=C\C/C=C\C/C=C\C/C=C\CCCCC. The van der Waals surface area contributed by atoms with E-state index in [0.717, 1.165) is 96.3 Å². The highest BCUT2D eigenvalue weighted by Crippen LogP contribution is 2.38. The number of hydrogen-bond donors (Lipinski definition) is 1. The van der Waals surface area contributed by atoms with Crippen molar-refractivity contribution in [3.05, 3.63) is 134 Å². The van der Waals surface area contributed by atoms with Gasteiger partial charge in [0, 0.05) is 12.8 Å². The fourth-order valence-corrected chi connectivity index (χ4v) is 8.73. The normalized spacial score (nSPS) is 14.6. The average Bonchev–Trinajstić information content (AvgIpc) is 3.39. The zero-order chi connectivity index (χ0) is 56.4. The molecule has 9 nitrogen and oxygen atoms in total. The van der Waals surface area contributed by atoms with E-state index in [9.17, 15) is 19.0 Å². The van der Waals surface area contributed by atoms with Crippen molar-refractivity contribution in [2.45, 2.75) is 238 Å². The quantitative estimate of drug-likeness (QED) is 0.0161. The van der Waals surface area contributed by atoms with Crippen molar-refractivity contribution in [3.8, 4) is 0 Å². The Morgan fingerprint density at radius 2 is 0.883 bits per heavy atom. The van der Waals surface area contributed by atoms with Crippen molar-refractivity contribution in [2.24, 2.45) is 0 Å². The lowest BCUT2D eigenvalue weighted by Gasteiger charge is -2.30. The van der Waals surface area contributed by atoms with Crippen molar-refractivity contribution in [1.82, 2.24) is 5.32 Å². The largest absolute Gasteiger partial charge is 0.756 e. The first kappa shape index (κ1) is 73.2. The number of allylic oxidation sites excluding steroid dienone is 21. The number of phosphoric acid groups is 1. The van der Waals surface area contributed by atoms with Crippen LogP contribution >= 0.6 is 7.82 Å². The lowest BCUT2D eigenvalue weighted by atomic mass is 10.0. The number of hydrogen-bond acceptors (Lipinski definition) is 7. The van der Waals surface area contributed by atoms with Gasteiger partial charge in [-0.15, -0.1) is 0 Å². The van der Waals surface area contributed by atoms with E-state index in [4.69, 9.17) is 13.8 Å². The van der Waals surface area contributed by atoms with E-state index < -0.39 is 32.5 Å². The van der Waals surface area contributed by atoms with Crippen molar-refractivity contribution in [2.75, 3.05) is 40.9 Å². The van der Waals surface area contributed by atoms with Crippen molar-refractivity contribution < 1.29 is 37.3 Å². The summed E-state index contributed by atoms with van der Waals surface area (Å²) in [6, 6.07) is -0.927. The Morgan fingerprint density at radius 3 is 1.40 bits per heavy atom. The van der Waals surface area contributed by atoms with Crippen LogP contribution in [0.4, 0.5) is 0 Å². The number of carbonyl (C=O) groups excluding carboxylic acids is 2. The van der Waals surface area contributed by atoms with Gasteiger partial charge in [-0.2, -0.15) is 0 Å². The molecule has 0 bridgehead atoms. The Bertz CT molecular complexity index is 1780. The van der Waals surface area contributed by atoms with Gasteiger partial charge in [-0.1, -0.05) is 251 Å². The highest BCUT2D eigenvalue weighted by Gasteiger charge is 2.27. The second-order valence-corrected chi connectivity index (χ2v) is 22.7. The van der Waals surface area contributed by atoms with Crippen LogP contribution in [0.15, 0.2) is 134 Å². The zero-order valence-corrected chi connectivity index (χ0v) is 50.8. The number of carbonyl (C=O) groups is 2. The molecule has 0 fully saturated rings. The minimum atomic E-state index is -4.73. The van der Waals surface area contributed by atoms with Crippen molar-refractivity contribution >= 4 is 19.7 Å². The number of phosphoric ester groups is 1. The van der Waals surface area contributed by atoms with Crippen LogP contribution in [0.3, 0.4) is 0 Å². The van der Waals surface area contributed by atoms with Crippen LogP contribution in [-0.4, -0.2) is 69.4 Å². The maximum atomic E-state index is 13.5. The van der Waals surface area contributed by atoms with Gasteiger partial charge in [0.2, 0.25) is 5.91 Å². The minimum Gasteiger partial charge on any atom is -0.756 e. The summed E-state index contributed by atoms with van der Waals surface area (Å²) in [4.78, 5) is 40.0. The van der Waals surface area contributed by atoms with Gasteiger partial charge in [0.15, 0.2) is 0 Å². The third kappa shape index (κ3) is 56.7. The summed E-state index contributed by atoms with van der Waals surface area (Å²) < 4.78 is 30.3. The van der Waals surface area contributed by atoms with Crippen LogP contribution in [0.2, 0.25) is 0 Å². The third-order valence-electron chi connectivity index (χ3n) is 12.7. The van der Waals surface area contributed by atoms with Gasteiger partial charge in [0.1, 0.15) is 19.3 Å². The van der Waals surface area contributed by atoms with Gasteiger partial charge in [-0.3, -0.25) is 14.2 Å². The fraction of sp³-hybridized carbons (Fsp3) is 0.642. The second-order valence-electron chi connectivity index (χ2n) is 21.3. The molecule has 1 N–H and O–H groups in total. The molecule has 0 rings (SSSR count). The summed E-state index contributed by atoms with van der Waals surface area (Å²) in [6.07, 6.45) is 78.4. The molecule has 0 aromatic rings. The molecule has 0 heterocycles. The van der Waals surface area contributed by atoms with Crippen LogP contribution in [0, 0.1) is 0 Å². The van der Waals surface area contributed by atoms with E-state index in [0.29, 0.717) is 23.9 Å². The molecule has 0 saturated heterocycles. The number of rotatable bonds is 53. The Labute approximate surface area is 473 Å². The summed E-state index contributed by atoms with van der Waals surface area (Å²) in [5.41, 5.74) is 0. The van der Waals surface area contributed by atoms with Gasteiger partial charge in [-0.25, -0.2) is 0 Å². The number of nitrogens with zero attached hydrogens (tertiary/aromatic N) is 1. The van der Waals surface area contributed by atoms with Crippen LogP contribution < -0.4 is 10.2 Å². The topological polar surface area (TPSA) is 114 Å². The van der Waals surface area contributed by atoms with Gasteiger partial charge in [0.05, 0.1) is 33.8 Å². The number of esters is 1. The van der Waals surface area contributed by atoms with E-state index >= 15 is 0 Å². The summed E-state index contributed by atoms with van der Waals surface area (Å²) in [7, 11) is 1.12. The molecule has 0 spiro atoms. The molecular weight excluding hydrogens is 976 g/mol. The average molecular weight is 1090 g/mol. The Balaban J connectivity index is 5.44. The lowest BCUT2D eigenvalue weighted by Crippen LogP contribution is -2.47. The van der Waals surface area contributed by atoms with Crippen molar-refractivity contribution in [3.63, 3.8) is 0 Å². The lowest BCUT2D eigenvalue weighted by molar-refractivity contribution is -0.870. The number of ether oxygens (including phenoxy) is 1. The first-order chi connectivity index (χ1) is 37.4. The molecule has 3 unspecified atom stereocenters. The van der Waals surface area contributed by atoms with Crippen LogP contribution in [0.5, 0.6) is 0 Å². The smallest absolute Gasteiger partial charge is 0.306 e. The Morgan fingerprint density at radius 1 is 0.481 bits per heavy atom. The molecule has 0 aromatic carbocycles. The van der Waals surface area contributed by atoms with E-state index in [1.807, 2.05) is 94.1 Å². The number of likely N-dealkylation sites (N-methyl/N-ethyl adjacent to an activating group) is 1. The molecule has 0 radical (unpaired) electrons. The Hall–Kier alpha value is -3.85. The first-order valence-electron chi connectivity index (χ1n) is 30.6. The number of nitrogens with one attached hydrogen (secondary N) is 1. The van der Waals surface area contributed by atoms with E-state index in [1.165, 1.54) is 83.5 Å². The maximum absolute atomic E-state index is 13.5. The molecule has 10 heteroatoms. The van der Waals surface area contributed by atoms with Crippen LogP contribution in [-0.2, 0) is 27.9 Å². The summed E-state index contributed by atoms with van der Waals surface area (Å²) in [5.74, 6) is -0.623. The third-order valence-corrected chi connectivity index (χ3v) is 13.7. The van der Waals surface area contributed by atoms with Crippen LogP contribution in [0.25, 0.3) is 0 Å². The summed E-state index contributed by atoms with van der Waals surface area (Å²) >= 11 is 0. The molecule has 0 saturated carbocycles. The number of amides is 1. The number of unbranched alkanes of at least 4 members (excludes halogenated alkanes) is 22. The predicted molar refractivity (Wildman–Crippen MR) is 330 cm³/mol. The second kappa shape index (κ2) is 55.5. The van der Waals surface area contributed by atoms with Crippen molar-refractivity contribution in [1.29, 1.82) is 0 Å². The van der Waals surface area contributed by atoms with E-state index in [-0.39, 0.29) is 25.4 Å². The van der Waals surface area contributed by atoms with Gasteiger partial charge >= 0.3 is 5.97 Å². The monoisotopic (exact) mass is 1090 g/mol. The molecule has 77 heavy (non-hydrogen) atoms. The standard InChI is InChI=1S/C67H113N2O7P/c1-7-10-13-16-19-22-25-28-30-32-33-34-35-37-38-41-44-47-50-53-56-59-66(70)68-64(63-75-77(72,73)74-62-61-69(4,5)6)65(58-55-52-49-46-43-40-27-24-21-18-15-12-9-3)76-67(71)60-57-54-51-48-45-42-39-36-31-29-26-23-20-17-14-11-8-2/h11,14,17,19-20,22-23,26,28-31,33-34,36-39,42,45,55,58,64-65H,7-10,12-13,15-16,18,21,24-25,27,32,35,40-41,43-44,46-54,56-57,59-63H2,1-6H3,(H-,68,70,72,73)/b14-11-,20-17+,22-19-,26-23+,30-28-,31-29-,34-33-,38-37-,39-36+,45-42+,58-55-. The van der Waals surface area contributed by atoms with Crippen LogP contribution in [0.1, 0.15) is 226 Å². The predicted octanol–water partition coefficient (Wildman–Crippen LogP) is 18.3. The molecular formula is C67H113N2O7P. The fourth-order valence-electron chi connectivity index (χ4n) is 8.01. The summed E-state index contributed by atoms with van der Waals surface area (Å²) in [5, 5.41) is 3.00. The molecule has 438 valence electrons. The highest BCUT2D eigenvalue weighted by atomic mass is 31.2. The van der Waals surface area contributed by atoms with Gasteiger partial charge in [-0.05, 0) is 96.0 Å². The van der Waals surface area contributed by atoms with Gasteiger partial charge in [0.25, 0.3) is 7.82 Å². The molecule has 0 aromatic heterocycles. The zero-order valence-electron chi connectivity index (χ0n) is 49.9. The molecule has 3 atom stereocenters. The molecule has 1 amide bonds. The van der Waals surface area contributed by atoms with Gasteiger partial charge < -0.3 is 28.5 Å². The van der Waals surface area contributed by atoms with E-state index in [1.54, 1.807) is 0 Å². The van der Waals surface area contributed by atoms with E-state index in [2.05, 4.69) is 86.8 Å². The Kier molecular flexibility index (Phi) is 52.7. The molecule has 0 aliphatic heterocycles. The maximum Gasteiger partial charge on any atom is 0.306 e. The highest BCUT2D eigenvalue weighted by molar-refractivity contribution is 7.45. The number of quaternary nitrogens is 1. The molecule has 0 aliphatic rings. The molecule has 0 aliphatic carbocycles. The first-order valence-corrected chi connectivity index (χ1v) is 32.0. The summed E-state index contributed by atoms with van der Waals surface area (Å²) in [6.45, 7) is 6.60.